The van der Waals surface area contributed by atoms with Crippen molar-refractivity contribution in [3.8, 4) is 11.5 Å². The normalized spacial score (nSPS) is 13.9. The van der Waals surface area contributed by atoms with Crippen molar-refractivity contribution in [2.24, 2.45) is 0 Å². The summed E-state index contributed by atoms with van der Waals surface area (Å²) in [6, 6.07) is 2.12. The highest BCUT2D eigenvalue weighted by molar-refractivity contribution is 8.10. The molecule has 0 aromatic heterocycles. The Labute approximate surface area is 158 Å². The van der Waals surface area contributed by atoms with Gasteiger partial charge in [0.05, 0.1) is 0 Å². The summed E-state index contributed by atoms with van der Waals surface area (Å²) in [5.41, 5.74) is 0. The summed E-state index contributed by atoms with van der Waals surface area (Å²) in [5, 5.41) is 10.5. The Bertz CT molecular complexity index is 1020. The number of alkyl halides is 4. The van der Waals surface area contributed by atoms with Crippen LogP contribution in [0.3, 0.4) is 0 Å². The van der Waals surface area contributed by atoms with Crippen LogP contribution in [0.1, 0.15) is 0 Å². The van der Waals surface area contributed by atoms with Crippen molar-refractivity contribution in [2.75, 3.05) is 0 Å². The van der Waals surface area contributed by atoms with Gasteiger partial charge in [0.1, 0.15) is 23.5 Å². The lowest BCUT2D eigenvalue weighted by Gasteiger charge is -2.16. The standard InChI is InChI=1S/C8H6F4O12S4/c9-7(10,25-24-23-13)27(17,18)21-5-2-1-3-6(4-5)22-28(19,20)8(11,12)26(14,15)16/h1-4,13H,(H,14,15,16). The average Bonchev–Trinajstić information content (AvgIpc) is 2.51. The molecule has 1 aromatic carbocycles. The minimum absolute atomic E-state index is 0.208. The van der Waals surface area contributed by atoms with Gasteiger partial charge >= 0.3 is 39.5 Å². The lowest BCUT2D eigenvalue weighted by molar-refractivity contribution is -0.433. The van der Waals surface area contributed by atoms with Crippen molar-refractivity contribution in [2.45, 2.75) is 9.17 Å². The molecule has 12 nitrogen and oxygen atoms in total. The fourth-order valence-electron chi connectivity index (χ4n) is 1.15. The van der Waals surface area contributed by atoms with E-state index >= 15 is 0 Å². The number of benzene rings is 1. The minimum Gasteiger partial charge on any atom is -0.377 e. The molecule has 162 valence electrons. The molecule has 0 saturated heterocycles. The lowest BCUT2D eigenvalue weighted by Crippen LogP contribution is -2.40. The van der Waals surface area contributed by atoms with Crippen LogP contribution in [0.5, 0.6) is 11.5 Å². The van der Waals surface area contributed by atoms with Crippen LogP contribution in [-0.4, -0.2) is 44.2 Å². The van der Waals surface area contributed by atoms with Gasteiger partial charge in [0.15, 0.2) is 0 Å². The van der Waals surface area contributed by atoms with Crippen LogP contribution in [0.4, 0.5) is 17.6 Å². The van der Waals surface area contributed by atoms with E-state index in [1.54, 1.807) is 0 Å². The average molecular weight is 498 g/mol. The van der Waals surface area contributed by atoms with Gasteiger partial charge in [-0.1, -0.05) is 11.1 Å². The lowest BCUT2D eigenvalue weighted by atomic mass is 10.3. The van der Waals surface area contributed by atoms with Crippen molar-refractivity contribution in [3.63, 3.8) is 0 Å². The monoisotopic (exact) mass is 498 g/mol. The molecule has 0 amide bonds. The molecule has 0 unspecified atom stereocenters. The van der Waals surface area contributed by atoms with Gasteiger partial charge in [0.25, 0.3) is 0 Å². The Morgan fingerprint density at radius 2 is 1.36 bits per heavy atom. The fraction of sp³-hybridized carbons (Fsp3) is 0.250. The molecule has 0 spiro atoms. The van der Waals surface area contributed by atoms with Gasteiger partial charge in [-0.05, 0) is 12.1 Å². The molecule has 1 aromatic rings. The van der Waals surface area contributed by atoms with Gasteiger partial charge < -0.3 is 8.37 Å². The molecule has 20 heteroatoms. The molecule has 0 aliphatic rings. The van der Waals surface area contributed by atoms with E-state index in [-0.39, 0.29) is 6.07 Å². The summed E-state index contributed by atoms with van der Waals surface area (Å²) in [7, 11) is -18.7. The third-order valence-corrected chi connectivity index (χ3v) is 7.23. The Morgan fingerprint density at radius 3 is 1.79 bits per heavy atom. The summed E-state index contributed by atoms with van der Waals surface area (Å²) in [4.78, 5) is 0. The van der Waals surface area contributed by atoms with Crippen LogP contribution in [0.2, 0.25) is 0 Å². The summed E-state index contributed by atoms with van der Waals surface area (Å²) < 4.78 is 128. The number of hydrogen-bond donors (Lipinski definition) is 2. The van der Waals surface area contributed by atoms with Crippen LogP contribution in [0, 0.1) is 0 Å². The number of hydrogen-bond acceptors (Lipinski definition) is 12. The Balaban J connectivity index is 3.15. The fourth-order valence-corrected chi connectivity index (χ4v) is 3.82. The van der Waals surface area contributed by atoms with E-state index in [9.17, 15) is 42.8 Å². The molecule has 0 heterocycles. The topological polar surface area (TPSA) is 180 Å². The zero-order chi connectivity index (χ0) is 22.0. The van der Waals surface area contributed by atoms with Crippen molar-refractivity contribution >= 4 is 42.4 Å². The maximum Gasteiger partial charge on any atom is 0.506 e. The zero-order valence-electron chi connectivity index (χ0n) is 12.4. The highest BCUT2D eigenvalue weighted by Crippen LogP contribution is 2.38. The predicted octanol–water partition coefficient (Wildman–Crippen LogP) is 1.16. The second kappa shape index (κ2) is 8.14. The van der Waals surface area contributed by atoms with E-state index in [1.165, 1.54) is 0 Å². The number of halogens is 4. The highest BCUT2D eigenvalue weighted by Gasteiger charge is 2.60. The largest absolute Gasteiger partial charge is 0.506 e. The van der Waals surface area contributed by atoms with E-state index in [1.807, 2.05) is 0 Å². The third kappa shape index (κ3) is 5.34. The van der Waals surface area contributed by atoms with Crippen LogP contribution in [0.25, 0.3) is 0 Å². The molecular weight excluding hydrogens is 492 g/mol. The summed E-state index contributed by atoms with van der Waals surface area (Å²) in [6.45, 7) is 0. The van der Waals surface area contributed by atoms with E-state index in [4.69, 9.17) is 9.81 Å². The molecule has 1 rings (SSSR count). The molecule has 0 fully saturated rings. The first-order chi connectivity index (χ1) is 12.5. The predicted molar refractivity (Wildman–Crippen MR) is 79.4 cm³/mol. The summed E-state index contributed by atoms with van der Waals surface area (Å²) in [5.74, 6) is -2.28. The van der Waals surface area contributed by atoms with E-state index in [2.05, 4.69) is 17.7 Å². The first-order valence-electron chi connectivity index (χ1n) is 5.83. The molecule has 2 N–H and O–H groups in total. The van der Waals surface area contributed by atoms with Gasteiger partial charge in [-0.2, -0.15) is 42.8 Å². The van der Waals surface area contributed by atoms with Crippen molar-refractivity contribution in [1.82, 2.24) is 0 Å². The van der Waals surface area contributed by atoms with E-state index in [0.717, 1.165) is 0 Å². The zero-order valence-corrected chi connectivity index (χ0v) is 15.7. The second-order valence-electron chi connectivity index (χ2n) is 4.18. The van der Waals surface area contributed by atoms with Gasteiger partial charge in [-0.25, -0.2) is 5.26 Å². The molecule has 0 aliphatic heterocycles. The maximum absolute atomic E-state index is 13.3. The first kappa shape index (κ1) is 24.6. The summed E-state index contributed by atoms with van der Waals surface area (Å²) >= 11 is -1.21. The van der Waals surface area contributed by atoms with Gasteiger partial charge in [0, 0.05) is 6.07 Å². The first-order valence-corrected chi connectivity index (χ1v) is 10.8. The molecule has 0 bridgehead atoms. The van der Waals surface area contributed by atoms with E-state index < -0.39 is 63.1 Å². The van der Waals surface area contributed by atoms with E-state index in [0.29, 0.717) is 18.2 Å². The molecule has 0 aliphatic carbocycles. The van der Waals surface area contributed by atoms with Gasteiger partial charge in [-0.15, -0.1) is 4.33 Å². The van der Waals surface area contributed by atoms with Gasteiger partial charge in [-0.3, -0.25) is 4.55 Å². The molecule has 0 atom stereocenters. The van der Waals surface area contributed by atoms with Crippen molar-refractivity contribution < 1.29 is 70.4 Å². The van der Waals surface area contributed by atoms with Crippen LogP contribution >= 0.6 is 12.0 Å². The second-order valence-corrected chi connectivity index (χ2v) is 10.1. The van der Waals surface area contributed by atoms with Crippen LogP contribution in [-0.2, 0) is 39.7 Å². The Morgan fingerprint density at radius 1 is 0.893 bits per heavy atom. The van der Waals surface area contributed by atoms with Crippen LogP contribution < -0.4 is 8.37 Å². The Hall–Kier alpha value is -1.42. The highest BCUT2D eigenvalue weighted by atomic mass is 32.3. The summed E-state index contributed by atoms with van der Waals surface area (Å²) in [6.07, 6.45) is 0. The third-order valence-electron chi connectivity index (χ3n) is 2.26. The Kier molecular flexibility index (Phi) is 7.15. The molecule has 0 radical (unpaired) electrons. The SMILES string of the molecule is O=S(=O)(O)C(F)(F)S(=O)(=O)Oc1cccc(OS(=O)(=O)C(F)(F)SOOO)c1. The molecular formula is C8H6F4O12S4. The smallest absolute Gasteiger partial charge is 0.377 e. The van der Waals surface area contributed by atoms with Crippen molar-refractivity contribution in [3.05, 3.63) is 24.3 Å². The van der Waals surface area contributed by atoms with Crippen LogP contribution in [0.15, 0.2) is 24.3 Å². The maximum atomic E-state index is 13.3. The van der Waals surface area contributed by atoms with Crippen molar-refractivity contribution in [1.29, 1.82) is 0 Å². The number of rotatable bonds is 10. The van der Waals surface area contributed by atoms with Gasteiger partial charge in [0.2, 0.25) is 0 Å². The molecule has 28 heavy (non-hydrogen) atoms. The molecule has 0 saturated carbocycles. The minimum atomic E-state index is -6.47. The quantitative estimate of drug-likeness (QED) is 0.117.